The molecule has 0 aromatic heterocycles. The van der Waals surface area contributed by atoms with E-state index in [9.17, 15) is 4.79 Å². The summed E-state index contributed by atoms with van der Waals surface area (Å²) in [5.41, 5.74) is 2.08. The lowest BCUT2D eigenvalue weighted by atomic mass is 9.89. The quantitative estimate of drug-likeness (QED) is 0.867. The number of aryl methyl sites for hydroxylation is 1. The summed E-state index contributed by atoms with van der Waals surface area (Å²) in [6.45, 7) is 5.90. The molecule has 1 heterocycles. The Labute approximate surface area is 109 Å². The Balaban J connectivity index is 2.07. The highest BCUT2D eigenvalue weighted by molar-refractivity contribution is 5.95. The van der Waals surface area contributed by atoms with Crippen molar-refractivity contribution in [3.05, 3.63) is 35.4 Å². The molecule has 1 saturated heterocycles. The first kappa shape index (κ1) is 13.1. The Morgan fingerprint density at radius 2 is 1.89 bits per heavy atom. The maximum Gasteiger partial charge on any atom is 0.254 e. The zero-order valence-electron chi connectivity index (χ0n) is 11.5. The van der Waals surface area contributed by atoms with Gasteiger partial charge in [-0.25, -0.2) is 0 Å². The third kappa shape index (κ3) is 2.56. The molecular formula is C15H22N2O. The zero-order chi connectivity index (χ0) is 13.2. The van der Waals surface area contributed by atoms with Crippen molar-refractivity contribution in [1.82, 2.24) is 10.2 Å². The lowest BCUT2D eigenvalue weighted by Crippen LogP contribution is -2.51. The van der Waals surface area contributed by atoms with Gasteiger partial charge in [0.2, 0.25) is 0 Å². The molecule has 1 fully saturated rings. The third-order valence-corrected chi connectivity index (χ3v) is 4.13. The van der Waals surface area contributed by atoms with Crippen molar-refractivity contribution in [1.29, 1.82) is 0 Å². The smallest absolute Gasteiger partial charge is 0.254 e. The summed E-state index contributed by atoms with van der Waals surface area (Å²) in [7, 11) is 2.00. The molecule has 1 aromatic carbocycles. The highest BCUT2D eigenvalue weighted by atomic mass is 16.2. The van der Waals surface area contributed by atoms with E-state index in [-0.39, 0.29) is 11.4 Å². The number of carbonyl (C=O) groups excluding carboxylic acids is 1. The molecule has 0 radical (unpaired) electrons. The van der Waals surface area contributed by atoms with E-state index < -0.39 is 0 Å². The average molecular weight is 246 g/mol. The van der Waals surface area contributed by atoms with E-state index in [1.165, 1.54) is 0 Å². The molecule has 18 heavy (non-hydrogen) atoms. The fourth-order valence-electron chi connectivity index (χ4n) is 2.44. The fraction of sp³-hybridized carbons (Fsp3) is 0.533. The summed E-state index contributed by atoms with van der Waals surface area (Å²) in [6, 6.07) is 7.82. The molecule has 1 aliphatic rings. The van der Waals surface area contributed by atoms with Crippen LogP contribution in [0.25, 0.3) is 0 Å². The van der Waals surface area contributed by atoms with Crippen LogP contribution in [-0.4, -0.2) is 36.5 Å². The standard InChI is InChI=1S/C15H22N2O/c1-12-6-4-5-7-13(12)14(18)17-10-8-15(2,16-3)9-11-17/h4-7,16H,8-11H2,1-3H3. The first-order valence-corrected chi connectivity index (χ1v) is 6.59. The van der Waals surface area contributed by atoms with Gasteiger partial charge >= 0.3 is 0 Å². The number of piperidine rings is 1. The van der Waals surface area contributed by atoms with Crippen LogP contribution in [0, 0.1) is 6.92 Å². The minimum absolute atomic E-state index is 0.172. The van der Waals surface area contributed by atoms with E-state index in [0.717, 1.165) is 37.1 Å². The first-order chi connectivity index (χ1) is 8.56. The number of likely N-dealkylation sites (tertiary alicyclic amines) is 1. The van der Waals surface area contributed by atoms with Crippen molar-refractivity contribution < 1.29 is 4.79 Å². The lowest BCUT2D eigenvalue weighted by Gasteiger charge is -2.39. The van der Waals surface area contributed by atoms with Crippen LogP contribution in [0.15, 0.2) is 24.3 Å². The second kappa shape index (κ2) is 5.11. The van der Waals surface area contributed by atoms with Crippen LogP contribution in [0.3, 0.4) is 0 Å². The topological polar surface area (TPSA) is 32.3 Å². The van der Waals surface area contributed by atoms with Gasteiger partial charge in [0.25, 0.3) is 5.91 Å². The zero-order valence-corrected chi connectivity index (χ0v) is 11.5. The summed E-state index contributed by atoms with van der Waals surface area (Å²) in [6.07, 6.45) is 2.03. The number of rotatable bonds is 2. The Kier molecular flexibility index (Phi) is 3.71. The maximum absolute atomic E-state index is 12.4. The van der Waals surface area contributed by atoms with Crippen molar-refractivity contribution in [2.24, 2.45) is 0 Å². The van der Waals surface area contributed by atoms with E-state index in [1.807, 2.05) is 43.1 Å². The molecule has 3 heteroatoms. The van der Waals surface area contributed by atoms with Crippen molar-refractivity contribution in [3.63, 3.8) is 0 Å². The molecule has 0 spiro atoms. The summed E-state index contributed by atoms with van der Waals surface area (Å²) >= 11 is 0. The van der Waals surface area contributed by atoms with Gasteiger partial charge in [-0.2, -0.15) is 0 Å². The van der Waals surface area contributed by atoms with Crippen LogP contribution in [0.4, 0.5) is 0 Å². The second-order valence-electron chi connectivity index (χ2n) is 5.42. The van der Waals surface area contributed by atoms with E-state index in [4.69, 9.17) is 0 Å². The molecule has 0 unspecified atom stereocenters. The number of hydrogen-bond donors (Lipinski definition) is 1. The molecule has 3 nitrogen and oxygen atoms in total. The van der Waals surface area contributed by atoms with Gasteiger partial charge in [0.1, 0.15) is 0 Å². The molecule has 0 aliphatic carbocycles. The van der Waals surface area contributed by atoms with E-state index in [1.54, 1.807) is 0 Å². The molecular weight excluding hydrogens is 224 g/mol. The van der Waals surface area contributed by atoms with Gasteiger partial charge in [0, 0.05) is 24.2 Å². The van der Waals surface area contributed by atoms with Gasteiger partial charge in [0.15, 0.2) is 0 Å². The highest BCUT2D eigenvalue weighted by Crippen LogP contribution is 2.23. The molecule has 1 aliphatic heterocycles. The Hall–Kier alpha value is -1.35. The predicted molar refractivity (Wildman–Crippen MR) is 73.8 cm³/mol. The second-order valence-corrected chi connectivity index (χ2v) is 5.42. The Morgan fingerprint density at radius 1 is 1.28 bits per heavy atom. The van der Waals surface area contributed by atoms with Crippen LogP contribution < -0.4 is 5.32 Å². The van der Waals surface area contributed by atoms with Crippen molar-refractivity contribution in [2.45, 2.75) is 32.2 Å². The van der Waals surface area contributed by atoms with Crippen molar-refractivity contribution in [3.8, 4) is 0 Å². The minimum Gasteiger partial charge on any atom is -0.339 e. The number of nitrogens with one attached hydrogen (secondary N) is 1. The van der Waals surface area contributed by atoms with Gasteiger partial charge < -0.3 is 10.2 Å². The molecule has 0 saturated carbocycles. The minimum atomic E-state index is 0.172. The number of benzene rings is 1. The number of amides is 1. The number of carbonyl (C=O) groups is 1. The summed E-state index contributed by atoms with van der Waals surface area (Å²) in [5, 5.41) is 3.35. The highest BCUT2D eigenvalue weighted by Gasteiger charge is 2.30. The lowest BCUT2D eigenvalue weighted by molar-refractivity contribution is 0.0661. The van der Waals surface area contributed by atoms with Crippen LogP contribution in [0.2, 0.25) is 0 Å². The van der Waals surface area contributed by atoms with Gasteiger partial charge in [0.05, 0.1) is 0 Å². The molecule has 1 N–H and O–H groups in total. The van der Waals surface area contributed by atoms with Crippen LogP contribution in [0.5, 0.6) is 0 Å². The molecule has 1 amide bonds. The van der Waals surface area contributed by atoms with Crippen molar-refractivity contribution in [2.75, 3.05) is 20.1 Å². The van der Waals surface area contributed by atoms with Crippen LogP contribution in [0.1, 0.15) is 35.7 Å². The average Bonchev–Trinajstić information content (AvgIpc) is 2.39. The van der Waals surface area contributed by atoms with Gasteiger partial charge in [-0.3, -0.25) is 4.79 Å². The number of hydrogen-bond acceptors (Lipinski definition) is 2. The predicted octanol–water partition coefficient (Wildman–Crippen LogP) is 2.21. The monoisotopic (exact) mass is 246 g/mol. The van der Waals surface area contributed by atoms with Crippen LogP contribution >= 0.6 is 0 Å². The summed E-state index contributed by atoms with van der Waals surface area (Å²) in [5.74, 6) is 0.172. The normalized spacial score (nSPS) is 18.7. The Morgan fingerprint density at radius 3 is 2.44 bits per heavy atom. The fourth-order valence-corrected chi connectivity index (χ4v) is 2.44. The van der Waals surface area contributed by atoms with E-state index in [2.05, 4.69) is 12.2 Å². The van der Waals surface area contributed by atoms with Gasteiger partial charge in [-0.15, -0.1) is 0 Å². The Bertz CT molecular complexity index is 434. The summed E-state index contributed by atoms with van der Waals surface area (Å²) in [4.78, 5) is 14.4. The van der Waals surface area contributed by atoms with Crippen molar-refractivity contribution >= 4 is 5.91 Å². The first-order valence-electron chi connectivity index (χ1n) is 6.59. The third-order valence-electron chi connectivity index (χ3n) is 4.13. The van der Waals surface area contributed by atoms with Crippen LogP contribution in [-0.2, 0) is 0 Å². The molecule has 2 rings (SSSR count). The van der Waals surface area contributed by atoms with E-state index in [0.29, 0.717) is 0 Å². The SMILES string of the molecule is CNC1(C)CCN(C(=O)c2ccccc2C)CC1. The molecule has 1 aromatic rings. The number of nitrogens with zero attached hydrogens (tertiary/aromatic N) is 1. The molecule has 98 valence electrons. The molecule has 0 bridgehead atoms. The van der Waals surface area contributed by atoms with Gasteiger partial charge in [-0.05, 0) is 45.4 Å². The maximum atomic E-state index is 12.4. The summed E-state index contributed by atoms with van der Waals surface area (Å²) < 4.78 is 0. The largest absolute Gasteiger partial charge is 0.339 e. The van der Waals surface area contributed by atoms with Gasteiger partial charge in [-0.1, -0.05) is 18.2 Å². The molecule has 0 atom stereocenters. The van der Waals surface area contributed by atoms with E-state index >= 15 is 0 Å².